The van der Waals surface area contributed by atoms with Crippen molar-refractivity contribution in [2.24, 2.45) is 5.73 Å². The molecule has 14 heavy (non-hydrogen) atoms. The van der Waals surface area contributed by atoms with E-state index in [-0.39, 0.29) is 0 Å². The summed E-state index contributed by atoms with van der Waals surface area (Å²) in [6.45, 7) is 0.473. The maximum atomic E-state index is 9.77. The van der Waals surface area contributed by atoms with Crippen LogP contribution in [0.25, 0.3) is 5.65 Å². The smallest absolute Gasteiger partial charge is 0.136 e. The molecule has 0 aliphatic rings. The molecule has 4 heteroatoms. The van der Waals surface area contributed by atoms with Gasteiger partial charge in [-0.15, -0.1) is 0 Å². The van der Waals surface area contributed by atoms with Gasteiger partial charge in [0.2, 0.25) is 0 Å². The fourth-order valence-corrected chi connectivity index (χ4v) is 1.50. The van der Waals surface area contributed by atoms with E-state index in [1.54, 1.807) is 6.20 Å². The van der Waals surface area contributed by atoms with Crippen molar-refractivity contribution < 1.29 is 5.11 Å². The quantitative estimate of drug-likeness (QED) is 0.751. The molecule has 2 heterocycles. The number of hydrogen-bond acceptors (Lipinski definition) is 3. The van der Waals surface area contributed by atoms with E-state index < -0.39 is 6.10 Å². The first-order valence-electron chi connectivity index (χ1n) is 4.63. The van der Waals surface area contributed by atoms with E-state index in [2.05, 4.69) is 4.98 Å². The van der Waals surface area contributed by atoms with E-state index in [1.807, 2.05) is 28.8 Å². The lowest BCUT2D eigenvalue weighted by atomic mass is 10.2. The van der Waals surface area contributed by atoms with Crippen LogP contribution in [0.5, 0.6) is 0 Å². The fraction of sp³-hybridized carbons (Fsp3) is 0.300. The third-order valence-corrected chi connectivity index (χ3v) is 2.23. The highest BCUT2D eigenvalue weighted by Gasteiger charge is 2.11. The van der Waals surface area contributed by atoms with E-state index in [0.29, 0.717) is 13.0 Å². The highest BCUT2D eigenvalue weighted by molar-refractivity contribution is 5.40. The van der Waals surface area contributed by atoms with Crippen molar-refractivity contribution in [3.05, 3.63) is 36.3 Å². The minimum atomic E-state index is -0.530. The number of hydrogen-bond donors (Lipinski definition) is 2. The molecule has 0 amide bonds. The number of aliphatic hydroxyl groups is 1. The number of imidazole rings is 1. The van der Waals surface area contributed by atoms with Crippen LogP contribution in [0.1, 0.15) is 18.2 Å². The van der Waals surface area contributed by atoms with Crippen LogP contribution in [0.2, 0.25) is 0 Å². The maximum absolute atomic E-state index is 9.77. The standard InChI is InChI=1S/C10H13N3O/c11-5-4-9(14)8-7-12-10-3-1-2-6-13(8)10/h1-3,6-7,9,14H,4-5,11H2/t9-/m1/s1. The second-order valence-corrected chi connectivity index (χ2v) is 3.21. The summed E-state index contributed by atoms with van der Waals surface area (Å²) in [4.78, 5) is 4.18. The lowest BCUT2D eigenvalue weighted by molar-refractivity contribution is 0.164. The van der Waals surface area contributed by atoms with Gasteiger partial charge >= 0.3 is 0 Å². The van der Waals surface area contributed by atoms with Gasteiger partial charge in [0.15, 0.2) is 0 Å². The van der Waals surface area contributed by atoms with Crippen LogP contribution in [-0.2, 0) is 0 Å². The van der Waals surface area contributed by atoms with Crippen LogP contribution in [-0.4, -0.2) is 21.0 Å². The van der Waals surface area contributed by atoms with Crippen LogP contribution in [0.3, 0.4) is 0 Å². The first-order valence-corrected chi connectivity index (χ1v) is 4.63. The fourth-order valence-electron chi connectivity index (χ4n) is 1.50. The molecular formula is C10H13N3O. The van der Waals surface area contributed by atoms with E-state index in [1.165, 1.54) is 0 Å². The zero-order chi connectivity index (χ0) is 9.97. The largest absolute Gasteiger partial charge is 0.387 e. The topological polar surface area (TPSA) is 63.5 Å². The number of aliphatic hydroxyl groups excluding tert-OH is 1. The Morgan fingerprint density at radius 1 is 1.50 bits per heavy atom. The molecule has 0 fully saturated rings. The van der Waals surface area contributed by atoms with Gasteiger partial charge in [0.1, 0.15) is 5.65 Å². The van der Waals surface area contributed by atoms with Crippen molar-refractivity contribution in [2.75, 3.05) is 6.54 Å². The number of rotatable bonds is 3. The molecule has 0 unspecified atom stereocenters. The van der Waals surface area contributed by atoms with Gasteiger partial charge in [-0.3, -0.25) is 0 Å². The molecule has 0 spiro atoms. The minimum Gasteiger partial charge on any atom is -0.387 e. The van der Waals surface area contributed by atoms with E-state index in [0.717, 1.165) is 11.3 Å². The first-order chi connectivity index (χ1) is 6.83. The van der Waals surface area contributed by atoms with Gasteiger partial charge in [0.05, 0.1) is 18.0 Å². The molecule has 0 aromatic carbocycles. The lowest BCUT2D eigenvalue weighted by Crippen LogP contribution is -2.08. The molecule has 2 aromatic rings. The number of fused-ring (bicyclic) bond motifs is 1. The third-order valence-electron chi connectivity index (χ3n) is 2.23. The first kappa shape index (κ1) is 9.18. The molecule has 1 atom stereocenters. The molecule has 0 aliphatic carbocycles. The molecule has 0 saturated heterocycles. The summed E-state index contributed by atoms with van der Waals surface area (Å²) in [5.41, 5.74) is 7.03. The molecule has 4 nitrogen and oxygen atoms in total. The van der Waals surface area contributed by atoms with Gasteiger partial charge in [-0.05, 0) is 25.1 Å². The zero-order valence-corrected chi connectivity index (χ0v) is 7.80. The molecule has 74 valence electrons. The highest BCUT2D eigenvalue weighted by Crippen LogP contribution is 2.16. The van der Waals surface area contributed by atoms with Crippen LogP contribution >= 0.6 is 0 Å². The number of nitrogens with two attached hydrogens (primary N) is 1. The molecule has 0 saturated carbocycles. The number of aromatic nitrogens is 2. The normalized spacial score (nSPS) is 13.3. The van der Waals surface area contributed by atoms with Crippen molar-refractivity contribution in [2.45, 2.75) is 12.5 Å². The van der Waals surface area contributed by atoms with Gasteiger partial charge in [0, 0.05) is 6.20 Å². The van der Waals surface area contributed by atoms with Crippen molar-refractivity contribution in [3.63, 3.8) is 0 Å². The zero-order valence-electron chi connectivity index (χ0n) is 7.80. The lowest BCUT2D eigenvalue weighted by Gasteiger charge is -2.08. The predicted octanol–water partition coefficient (Wildman–Crippen LogP) is 0.717. The Hall–Kier alpha value is -1.39. The summed E-state index contributed by atoms with van der Waals surface area (Å²) in [6.07, 6.45) is 3.60. The van der Waals surface area contributed by atoms with Crippen molar-refractivity contribution >= 4 is 5.65 Å². The van der Waals surface area contributed by atoms with E-state index in [4.69, 9.17) is 5.73 Å². The molecule has 3 N–H and O–H groups in total. The van der Waals surface area contributed by atoms with Crippen molar-refractivity contribution in [1.82, 2.24) is 9.38 Å². The summed E-state index contributed by atoms with van der Waals surface area (Å²) in [5, 5.41) is 9.77. The molecule has 2 rings (SSSR count). The van der Waals surface area contributed by atoms with Gasteiger partial charge in [-0.25, -0.2) is 4.98 Å². The molecule has 2 aromatic heterocycles. The van der Waals surface area contributed by atoms with E-state index >= 15 is 0 Å². The van der Waals surface area contributed by atoms with Gasteiger partial charge in [-0.1, -0.05) is 6.07 Å². The van der Waals surface area contributed by atoms with Gasteiger partial charge in [0.25, 0.3) is 0 Å². The Morgan fingerprint density at radius 3 is 3.14 bits per heavy atom. The Labute approximate surface area is 82.0 Å². The summed E-state index contributed by atoms with van der Waals surface area (Å²) in [6, 6.07) is 5.73. The minimum absolute atomic E-state index is 0.473. The molecule has 0 bridgehead atoms. The monoisotopic (exact) mass is 191 g/mol. The SMILES string of the molecule is NCC[C@@H](O)c1cnc2ccccn12. The van der Waals surface area contributed by atoms with Crippen molar-refractivity contribution in [1.29, 1.82) is 0 Å². The van der Waals surface area contributed by atoms with Gasteiger partial charge in [-0.2, -0.15) is 0 Å². The summed E-state index contributed by atoms with van der Waals surface area (Å²) in [5.74, 6) is 0. The molecule has 0 radical (unpaired) electrons. The van der Waals surface area contributed by atoms with Crippen molar-refractivity contribution in [3.8, 4) is 0 Å². The highest BCUT2D eigenvalue weighted by atomic mass is 16.3. The average molecular weight is 191 g/mol. The van der Waals surface area contributed by atoms with Crippen LogP contribution < -0.4 is 5.73 Å². The Kier molecular flexibility index (Phi) is 2.47. The van der Waals surface area contributed by atoms with Crippen LogP contribution in [0.4, 0.5) is 0 Å². The molecular weight excluding hydrogens is 178 g/mol. The maximum Gasteiger partial charge on any atom is 0.136 e. The summed E-state index contributed by atoms with van der Waals surface area (Å²) >= 11 is 0. The molecule has 0 aliphatic heterocycles. The average Bonchev–Trinajstić information content (AvgIpc) is 2.61. The van der Waals surface area contributed by atoms with Crippen LogP contribution in [0, 0.1) is 0 Å². The summed E-state index contributed by atoms with van der Waals surface area (Å²) < 4.78 is 1.88. The Balaban J connectivity index is 2.42. The second kappa shape index (κ2) is 3.77. The summed E-state index contributed by atoms with van der Waals surface area (Å²) in [7, 11) is 0. The number of nitrogens with zero attached hydrogens (tertiary/aromatic N) is 2. The second-order valence-electron chi connectivity index (χ2n) is 3.21. The van der Waals surface area contributed by atoms with Gasteiger partial charge < -0.3 is 15.2 Å². The van der Waals surface area contributed by atoms with Crippen LogP contribution in [0.15, 0.2) is 30.6 Å². The predicted molar refractivity (Wildman–Crippen MR) is 53.8 cm³/mol. The van der Waals surface area contributed by atoms with E-state index in [9.17, 15) is 5.11 Å². The Bertz CT molecular complexity index is 424. The number of pyridine rings is 1. The third kappa shape index (κ3) is 1.49. The Morgan fingerprint density at radius 2 is 2.36 bits per heavy atom.